The molecule has 1 N–H and O–H groups in total. The Kier molecular flexibility index (Phi) is 4.77. The van der Waals surface area contributed by atoms with E-state index in [1.807, 2.05) is 0 Å². The number of carbonyl (C=O) groups is 2. The van der Waals surface area contributed by atoms with Gasteiger partial charge in [-0.2, -0.15) is 0 Å². The first-order valence-electron chi connectivity index (χ1n) is 5.12. The van der Waals surface area contributed by atoms with E-state index in [1.165, 1.54) is 0 Å². The lowest BCUT2D eigenvalue weighted by molar-refractivity contribution is -0.137. The standard InChI is InChI=1S/C13H12O4/c1-2-17-13(16)8-7-10-5-3-4-6-11(10)9-12(14)15/h3-6H,2,9H2,1H3,(H,14,15). The summed E-state index contributed by atoms with van der Waals surface area (Å²) in [6, 6.07) is 6.81. The van der Waals surface area contributed by atoms with Gasteiger partial charge in [0.05, 0.1) is 13.0 Å². The van der Waals surface area contributed by atoms with E-state index < -0.39 is 11.9 Å². The highest BCUT2D eigenvalue weighted by Gasteiger charge is 2.04. The number of esters is 1. The van der Waals surface area contributed by atoms with Crippen LogP contribution in [0, 0.1) is 11.8 Å². The average Bonchev–Trinajstić information content (AvgIpc) is 2.27. The summed E-state index contributed by atoms with van der Waals surface area (Å²) in [7, 11) is 0. The Bertz CT molecular complexity index is 480. The van der Waals surface area contributed by atoms with Gasteiger partial charge in [-0.25, -0.2) is 4.79 Å². The topological polar surface area (TPSA) is 63.6 Å². The number of benzene rings is 1. The van der Waals surface area contributed by atoms with Crippen LogP contribution in [0.3, 0.4) is 0 Å². The summed E-state index contributed by atoms with van der Waals surface area (Å²) in [5, 5.41) is 8.71. The minimum absolute atomic E-state index is 0.117. The van der Waals surface area contributed by atoms with Crippen LogP contribution in [0.4, 0.5) is 0 Å². The van der Waals surface area contributed by atoms with Crippen molar-refractivity contribution in [2.75, 3.05) is 6.61 Å². The largest absolute Gasteiger partial charge is 0.481 e. The van der Waals surface area contributed by atoms with Crippen LogP contribution < -0.4 is 0 Å². The second-order valence-corrected chi connectivity index (χ2v) is 3.20. The number of carbonyl (C=O) groups excluding carboxylic acids is 1. The lowest BCUT2D eigenvalue weighted by atomic mass is 10.1. The molecule has 0 fully saturated rings. The quantitative estimate of drug-likeness (QED) is 0.628. The molecule has 1 aromatic rings. The third-order valence-corrected chi connectivity index (χ3v) is 1.93. The number of hydrogen-bond donors (Lipinski definition) is 1. The molecular weight excluding hydrogens is 220 g/mol. The molecule has 0 heterocycles. The normalized spacial score (nSPS) is 9.00. The first-order chi connectivity index (χ1) is 8.13. The van der Waals surface area contributed by atoms with Crippen molar-refractivity contribution >= 4 is 11.9 Å². The lowest BCUT2D eigenvalue weighted by Gasteiger charge is -2.00. The van der Waals surface area contributed by atoms with Gasteiger partial charge in [-0.3, -0.25) is 4.79 Å². The second-order valence-electron chi connectivity index (χ2n) is 3.20. The van der Waals surface area contributed by atoms with Crippen molar-refractivity contribution in [3.05, 3.63) is 35.4 Å². The fourth-order valence-corrected chi connectivity index (χ4v) is 1.24. The fourth-order valence-electron chi connectivity index (χ4n) is 1.24. The van der Waals surface area contributed by atoms with Crippen molar-refractivity contribution in [1.29, 1.82) is 0 Å². The number of aliphatic carboxylic acids is 1. The molecule has 1 aromatic carbocycles. The maximum absolute atomic E-state index is 11.0. The Hall–Kier alpha value is -2.28. The van der Waals surface area contributed by atoms with Gasteiger partial charge in [0, 0.05) is 11.5 Å². The third-order valence-electron chi connectivity index (χ3n) is 1.93. The summed E-state index contributed by atoms with van der Waals surface area (Å²) < 4.78 is 4.66. The van der Waals surface area contributed by atoms with E-state index in [2.05, 4.69) is 16.6 Å². The molecule has 1 rings (SSSR count). The number of ether oxygens (including phenoxy) is 1. The van der Waals surface area contributed by atoms with E-state index in [-0.39, 0.29) is 13.0 Å². The summed E-state index contributed by atoms with van der Waals surface area (Å²) in [4.78, 5) is 21.7. The summed E-state index contributed by atoms with van der Waals surface area (Å²) in [5.74, 6) is 3.38. The summed E-state index contributed by atoms with van der Waals surface area (Å²) >= 11 is 0. The van der Waals surface area contributed by atoms with Crippen molar-refractivity contribution in [3.63, 3.8) is 0 Å². The van der Waals surface area contributed by atoms with Crippen LogP contribution in [-0.4, -0.2) is 23.7 Å². The number of carboxylic acid groups (broad SMARTS) is 1. The van der Waals surface area contributed by atoms with Crippen LogP contribution in [0.1, 0.15) is 18.1 Å². The molecule has 0 aliphatic heterocycles. The van der Waals surface area contributed by atoms with Crippen molar-refractivity contribution in [3.8, 4) is 11.8 Å². The molecule has 4 nitrogen and oxygen atoms in total. The Morgan fingerprint density at radius 1 is 1.35 bits per heavy atom. The number of rotatable bonds is 3. The monoisotopic (exact) mass is 232 g/mol. The summed E-state index contributed by atoms with van der Waals surface area (Å²) in [5.41, 5.74) is 1.11. The zero-order valence-electron chi connectivity index (χ0n) is 9.40. The maximum atomic E-state index is 11.0. The Morgan fingerprint density at radius 2 is 2.06 bits per heavy atom. The van der Waals surface area contributed by atoms with Gasteiger partial charge in [-0.05, 0) is 18.6 Å². The molecule has 0 spiro atoms. The molecular formula is C13H12O4. The van der Waals surface area contributed by atoms with E-state index in [9.17, 15) is 9.59 Å². The van der Waals surface area contributed by atoms with E-state index in [0.29, 0.717) is 11.1 Å². The van der Waals surface area contributed by atoms with Gasteiger partial charge in [-0.1, -0.05) is 24.1 Å². The fraction of sp³-hybridized carbons (Fsp3) is 0.231. The van der Waals surface area contributed by atoms with Crippen LogP contribution in [0.5, 0.6) is 0 Å². The molecule has 0 radical (unpaired) electrons. The van der Waals surface area contributed by atoms with Crippen LogP contribution in [0.15, 0.2) is 24.3 Å². The summed E-state index contributed by atoms with van der Waals surface area (Å²) in [6.07, 6.45) is -0.117. The van der Waals surface area contributed by atoms with Crippen molar-refractivity contribution < 1.29 is 19.4 Å². The van der Waals surface area contributed by atoms with Gasteiger partial charge in [-0.15, -0.1) is 0 Å². The van der Waals surface area contributed by atoms with Crippen LogP contribution >= 0.6 is 0 Å². The van der Waals surface area contributed by atoms with E-state index in [1.54, 1.807) is 31.2 Å². The van der Waals surface area contributed by atoms with Gasteiger partial charge in [0.1, 0.15) is 0 Å². The molecule has 0 amide bonds. The maximum Gasteiger partial charge on any atom is 0.384 e. The van der Waals surface area contributed by atoms with Gasteiger partial charge in [0.15, 0.2) is 0 Å². The molecule has 0 atom stereocenters. The molecule has 17 heavy (non-hydrogen) atoms. The molecule has 0 aliphatic carbocycles. The van der Waals surface area contributed by atoms with Crippen molar-refractivity contribution in [2.45, 2.75) is 13.3 Å². The number of carboxylic acids is 1. The molecule has 0 aromatic heterocycles. The minimum atomic E-state index is -0.935. The highest BCUT2D eigenvalue weighted by molar-refractivity contribution is 5.89. The van der Waals surface area contributed by atoms with E-state index in [0.717, 1.165) is 0 Å². The summed E-state index contributed by atoms with van der Waals surface area (Å²) in [6.45, 7) is 1.96. The molecule has 0 saturated heterocycles. The molecule has 0 unspecified atom stereocenters. The highest BCUT2D eigenvalue weighted by Crippen LogP contribution is 2.08. The van der Waals surface area contributed by atoms with Gasteiger partial charge in [0.2, 0.25) is 0 Å². The SMILES string of the molecule is CCOC(=O)C#Cc1ccccc1CC(=O)O. The van der Waals surface area contributed by atoms with Gasteiger partial charge in [0.25, 0.3) is 0 Å². The molecule has 0 bridgehead atoms. The molecule has 0 aliphatic rings. The third kappa shape index (κ3) is 4.39. The van der Waals surface area contributed by atoms with Crippen LogP contribution in [0.25, 0.3) is 0 Å². The molecule has 0 saturated carbocycles. The second kappa shape index (κ2) is 6.33. The van der Waals surface area contributed by atoms with E-state index in [4.69, 9.17) is 5.11 Å². The van der Waals surface area contributed by atoms with Crippen molar-refractivity contribution in [1.82, 2.24) is 0 Å². The Balaban J connectivity index is 2.90. The average molecular weight is 232 g/mol. The smallest absolute Gasteiger partial charge is 0.384 e. The highest BCUT2D eigenvalue weighted by atomic mass is 16.5. The zero-order chi connectivity index (χ0) is 12.7. The van der Waals surface area contributed by atoms with E-state index >= 15 is 0 Å². The van der Waals surface area contributed by atoms with Crippen LogP contribution in [0.2, 0.25) is 0 Å². The molecule has 4 heteroatoms. The Labute approximate surface area is 99.2 Å². The predicted octanol–water partition coefficient (Wildman–Crippen LogP) is 1.23. The predicted molar refractivity (Wildman–Crippen MR) is 61.3 cm³/mol. The molecule has 88 valence electrons. The van der Waals surface area contributed by atoms with Gasteiger partial charge >= 0.3 is 11.9 Å². The van der Waals surface area contributed by atoms with Crippen LogP contribution in [-0.2, 0) is 20.7 Å². The number of hydrogen-bond acceptors (Lipinski definition) is 3. The first kappa shape index (κ1) is 12.8. The first-order valence-corrected chi connectivity index (χ1v) is 5.12. The van der Waals surface area contributed by atoms with Crippen molar-refractivity contribution in [2.24, 2.45) is 0 Å². The minimum Gasteiger partial charge on any atom is -0.481 e. The lowest BCUT2D eigenvalue weighted by Crippen LogP contribution is -2.03. The van der Waals surface area contributed by atoms with Gasteiger partial charge < -0.3 is 9.84 Å². The zero-order valence-corrected chi connectivity index (χ0v) is 9.40. The Morgan fingerprint density at radius 3 is 2.71 bits per heavy atom.